The van der Waals surface area contributed by atoms with Gasteiger partial charge in [-0.05, 0) is 17.5 Å². The summed E-state index contributed by atoms with van der Waals surface area (Å²) in [6.45, 7) is 0.622. The first-order chi connectivity index (χ1) is 26.4. The second-order valence-electron chi connectivity index (χ2n) is 11.5. The molecule has 2 aromatic rings. The second kappa shape index (κ2) is 27.0. The molecule has 0 aliphatic rings. The molecule has 3 atom stereocenters. The van der Waals surface area contributed by atoms with Gasteiger partial charge in [-0.1, -0.05) is 60.7 Å². The van der Waals surface area contributed by atoms with Crippen molar-refractivity contribution in [1.82, 2.24) is 25.3 Å². The number of aliphatic carboxylic acids is 2. The first-order valence-corrected chi connectivity index (χ1v) is 21.9. The minimum Gasteiger partial charge on any atom is -0.480 e. The fourth-order valence-corrected chi connectivity index (χ4v) is 9.62. The molecule has 5 N–H and O–H groups in total. The van der Waals surface area contributed by atoms with Crippen molar-refractivity contribution in [2.75, 3.05) is 67.8 Å². The molecule has 55 heavy (non-hydrogen) atoms. The van der Waals surface area contributed by atoms with E-state index in [1.807, 2.05) is 0 Å². The second-order valence-corrected chi connectivity index (χ2v) is 16.5. The van der Waals surface area contributed by atoms with E-state index in [0.29, 0.717) is 5.56 Å². The smallest absolute Gasteiger partial charge is 0.408 e. The van der Waals surface area contributed by atoms with Crippen LogP contribution in [-0.4, -0.2) is 129 Å². The van der Waals surface area contributed by atoms with Gasteiger partial charge in [-0.15, -0.1) is 46.4 Å². The van der Waals surface area contributed by atoms with E-state index in [9.17, 15) is 38.8 Å². The summed E-state index contributed by atoms with van der Waals surface area (Å²) in [7, 11) is -3.72. The Hall–Kier alpha value is -2.79. The van der Waals surface area contributed by atoms with E-state index in [2.05, 4.69) is 16.0 Å². The van der Waals surface area contributed by atoms with Crippen LogP contribution in [0.2, 0.25) is 0 Å². The average molecular weight is 890 g/mol. The number of nitrogens with zero attached hydrogens (tertiary/aromatic N) is 2. The van der Waals surface area contributed by atoms with Gasteiger partial charge < -0.3 is 35.4 Å². The van der Waals surface area contributed by atoms with Crippen LogP contribution in [0.4, 0.5) is 4.79 Å². The van der Waals surface area contributed by atoms with Gasteiger partial charge >= 0.3 is 25.7 Å². The van der Waals surface area contributed by atoms with Crippen molar-refractivity contribution in [1.29, 1.82) is 0 Å². The fraction of sp³-hybridized carbons (Fsp3) is 0.500. The molecule has 0 fully saturated rings. The monoisotopic (exact) mass is 887 g/mol. The topological polar surface area (TPSA) is 204 Å². The lowest BCUT2D eigenvalue weighted by molar-refractivity contribution is -0.142. The van der Waals surface area contributed by atoms with Gasteiger partial charge in [0.15, 0.2) is 6.04 Å². The fourth-order valence-electron chi connectivity index (χ4n) is 4.94. The number of carbonyl (C=O) groups excluding carboxylic acids is 3. The summed E-state index contributed by atoms with van der Waals surface area (Å²) in [4.78, 5) is 63.0. The predicted octanol–water partition coefficient (Wildman–Crippen LogP) is 4.99. The normalized spacial score (nSPS) is 13.1. The summed E-state index contributed by atoms with van der Waals surface area (Å²) in [6, 6.07) is 12.4. The van der Waals surface area contributed by atoms with Crippen LogP contribution in [0.15, 0.2) is 60.7 Å². The Kier molecular flexibility index (Phi) is 23.7. The molecule has 15 nitrogen and oxygen atoms in total. The van der Waals surface area contributed by atoms with Crippen LogP contribution in [0.1, 0.15) is 30.0 Å². The molecular formula is C34H46Cl4N5O10PS. The van der Waals surface area contributed by atoms with Crippen molar-refractivity contribution < 1.29 is 48.0 Å². The third-order valence-electron chi connectivity index (χ3n) is 7.64. The summed E-state index contributed by atoms with van der Waals surface area (Å²) >= 11 is 25.1. The van der Waals surface area contributed by atoms with Crippen molar-refractivity contribution in [2.24, 2.45) is 0 Å². The molecule has 0 saturated heterocycles. The minimum atomic E-state index is -3.72. The van der Waals surface area contributed by atoms with E-state index in [0.717, 1.165) is 11.8 Å². The average Bonchev–Trinajstić information content (AvgIpc) is 3.17. The van der Waals surface area contributed by atoms with E-state index < -0.39 is 62.1 Å². The van der Waals surface area contributed by atoms with Gasteiger partial charge in [-0.2, -0.15) is 11.8 Å². The Morgan fingerprint density at radius 2 is 1.29 bits per heavy atom. The van der Waals surface area contributed by atoms with Crippen LogP contribution < -0.4 is 16.0 Å². The number of benzene rings is 2. The molecular weight excluding hydrogens is 843 g/mol. The highest BCUT2D eigenvalue weighted by Crippen LogP contribution is 2.54. The van der Waals surface area contributed by atoms with E-state index in [1.165, 1.54) is 12.1 Å². The molecule has 1 unspecified atom stereocenters. The Morgan fingerprint density at radius 3 is 1.80 bits per heavy atom. The third kappa shape index (κ3) is 17.5. The highest BCUT2D eigenvalue weighted by molar-refractivity contribution is 7.99. The number of hydrogen-bond donors (Lipinski definition) is 5. The van der Waals surface area contributed by atoms with Gasteiger partial charge in [0.05, 0.1) is 6.61 Å². The molecule has 2 rings (SSSR count). The Labute approximate surface area is 344 Å². The van der Waals surface area contributed by atoms with Crippen molar-refractivity contribution in [3.63, 3.8) is 0 Å². The molecule has 0 saturated carbocycles. The lowest BCUT2D eigenvalue weighted by Crippen LogP contribution is -2.50. The zero-order chi connectivity index (χ0) is 40.6. The number of nitrogens with one attached hydrogen (secondary N) is 3. The number of alkyl carbamates (subject to hydrolysis) is 1. The predicted molar refractivity (Wildman–Crippen MR) is 214 cm³/mol. The van der Waals surface area contributed by atoms with Gasteiger partial charge in [0, 0.05) is 67.6 Å². The summed E-state index contributed by atoms with van der Waals surface area (Å²) < 4.78 is 28.5. The first kappa shape index (κ1) is 48.4. The number of halogens is 4. The largest absolute Gasteiger partial charge is 0.480 e. The molecule has 0 aliphatic carbocycles. The number of rotatable bonds is 28. The Morgan fingerprint density at radius 1 is 0.745 bits per heavy atom. The van der Waals surface area contributed by atoms with Gasteiger partial charge in [0.1, 0.15) is 18.7 Å². The molecule has 0 aliphatic heterocycles. The van der Waals surface area contributed by atoms with Crippen LogP contribution in [0.3, 0.4) is 0 Å². The highest BCUT2D eigenvalue weighted by atomic mass is 35.5. The number of thioether (sulfide) groups is 1. The Balaban J connectivity index is 2.15. The number of amides is 3. The van der Waals surface area contributed by atoms with Crippen molar-refractivity contribution >= 4 is 95.7 Å². The lowest BCUT2D eigenvalue weighted by Gasteiger charge is -2.37. The first-order valence-electron chi connectivity index (χ1n) is 17.0. The quantitative estimate of drug-likeness (QED) is 0.0435. The van der Waals surface area contributed by atoms with E-state index in [-0.39, 0.29) is 86.4 Å². The van der Waals surface area contributed by atoms with Gasteiger partial charge in [-0.3, -0.25) is 14.2 Å². The van der Waals surface area contributed by atoms with Gasteiger partial charge in [0.25, 0.3) is 0 Å². The highest BCUT2D eigenvalue weighted by Gasteiger charge is 2.38. The number of carbonyl (C=O) groups is 5. The number of ether oxygens (including phenoxy) is 1. The zero-order valence-corrected chi connectivity index (χ0v) is 34.6. The maximum Gasteiger partial charge on any atom is 0.408 e. The van der Waals surface area contributed by atoms with Crippen LogP contribution >= 0.6 is 65.8 Å². The van der Waals surface area contributed by atoms with Crippen LogP contribution in [0.25, 0.3) is 0 Å². The lowest BCUT2D eigenvalue weighted by atomic mass is 10.1. The SMILES string of the molecule is O=C(CC[C@H](NC(=O)OCc1ccccc1)C(=O)O)N[C@@H](CSCCOP(=O)(N(CCCl)CCCl)N(CCCl)CCCl)C(=O)NC(C(=O)O)c1ccccc1. The molecule has 0 spiro atoms. The van der Waals surface area contributed by atoms with E-state index in [1.54, 1.807) is 57.9 Å². The molecule has 306 valence electrons. The van der Waals surface area contributed by atoms with Crippen molar-refractivity contribution in [2.45, 2.75) is 37.6 Å². The minimum absolute atomic E-state index is 0.0829. The standard InChI is InChI=1S/C34H46Cl4N5O10PS/c35-13-17-42(18-14-36)54(51,43(19-15-37)20-16-38)53-21-22-55-24-28(31(45)41-30(33(48)49)26-9-5-2-6-10-26)39-29(44)12-11-27(32(46)47)40-34(50)52-23-25-7-3-1-4-8-25/h1-10,27-28,30H,11-24H2,(H,39,44)(H,40,50)(H,41,45)(H,46,47)(H,48,49)/t27-,28-,30?/m0/s1. The molecule has 0 radical (unpaired) electrons. The van der Waals surface area contributed by atoms with Crippen molar-refractivity contribution in [3.8, 4) is 0 Å². The number of carboxylic acid groups (broad SMARTS) is 2. The third-order valence-corrected chi connectivity index (χ3v) is 12.1. The molecule has 2 aromatic carbocycles. The summed E-state index contributed by atoms with van der Waals surface area (Å²) in [6.07, 6.45) is -1.78. The molecule has 0 heterocycles. The summed E-state index contributed by atoms with van der Waals surface area (Å²) in [5.41, 5.74) is 0.972. The molecule has 21 heteroatoms. The number of carboxylic acids is 2. The molecule has 3 amide bonds. The molecule has 0 bridgehead atoms. The summed E-state index contributed by atoms with van der Waals surface area (Å²) in [5.74, 6) is -3.65. The zero-order valence-electron chi connectivity index (χ0n) is 29.8. The molecule has 0 aromatic heterocycles. The maximum atomic E-state index is 14.3. The van der Waals surface area contributed by atoms with Crippen LogP contribution in [0.5, 0.6) is 0 Å². The van der Waals surface area contributed by atoms with Gasteiger partial charge in [0.2, 0.25) is 11.8 Å². The van der Waals surface area contributed by atoms with Gasteiger partial charge in [-0.25, -0.2) is 23.7 Å². The van der Waals surface area contributed by atoms with Crippen molar-refractivity contribution in [3.05, 3.63) is 71.8 Å². The summed E-state index contributed by atoms with van der Waals surface area (Å²) in [5, 5.41) is 26.8. The number of hydrogen-bond acceptors (Lipinski definition) is 9. The number of alkyl halides is 4. The maximum absolute atomic E-state index is 14.3. The van der Waals surface area contributed by atoms with E-state index >= 15 is 0 Å². The van der Waals surface area contributed by atoms with Crippen LogP contribution in [0, 0.1) is 0 Å². The van der Waals surface area contributed by atoms with E-state index in [4.69, 9.17) is 55.7 Å². The van der Waals surface area contributed by atoms with Crippen LogP contribution in [-0.2, 0) is 39.6 Å². The Bertz CT molecular complexity index is 1510.